The predicted octanol–water partition coefficient (Wildman–Crippen LogP) is 2.22. The number of nitrogens with two attached hydrogens (primary N) is 2. The van der Waals surface area contributed by atoms with Crippen LogP contribution in [0.1, 0.15) is 16.1 Å². The van der Waals surface area contributed by atoms with Gasteiger partial charge in [0.15, 0.2) is 5.76 Å². The molecule has 0 aliphatic heterocycles. The van der Waals surface area contributed by atoms with Crippen LogP contribution in [0, 0.1) is 0 Å². The van der Waals surface area contributed by atoms with Crippen molar-refractivity contribution in [2.75, 3.05) is 0 Å². The van der Waals surface area contributed by atoms with Crippen LogP contribution in [0.15, 0.2) is 91.4 Å². The van der Waals surface area contributed by atoms with Crippen molar-refractivity contribution in [1.29, 1.82) is 0 Å². The molecule has 2 amide bonds. The fourth-order valence-corrected chi connectivity index (χ4v) is 3.32. The fourth-order valence-electron chi connectivity index (χ4n) is 2.54. The summed E-state index contributed by atoms with van der Waals surface area (Å²) in [6.45, 7) is 0. The number of amides is 2. The number of halogens is 1. The van der Waals surface area contributed by atoms with E-state index in [1.807, 2.05) is 0 Å². The maximum absolute atomic E-state index is 12.8. The average molecular weight is 532 g/mol. The number of primary sulfonamides is 1. The van der Waals surface area contributed by atoms with Gasteiger partial charge >= 0.3 is 0 Å². The molecule has 10 nitrogen and oxygen atoms in total. The van der Waals surface area contributed by atoms with E-state index in [1.165, 1.54) is 42.7 Å². The molecule has 12 heteroatoms. The molecule has 0 fully saturated rings. The Kier molecular flexibility index (Phi) is 7.43. The monoisotopic (exact) mass is 531 g/mol. The Balaban J connectivity index is 1.82. The van der Waals surface area contributed by atoms with Crippen molar-refractivity contribution in [3.63, 3.8) is 0 Å². The van der Waals surface area contributed by atoms with Crippen LogP contribution in [0.2, 0.25) is 0 Å². The molecule has 1 aromatic heterocycles. The zero-order valence-corrected chi connectivity index (χ0v) is 19.3. The van der Waals surface area contributed by atoms with Crippen LogP contribution in [0.3, 0.4) is 0 Å². The van der Waals surface area contributed by atoms with Gasteiger partial charge in [-0.25, -0.2) is 18.5 Å². The first-order valence-corrected chi connectivity index (χ1v) is 11.6. The molecular formula is C21H18BrN5O5S. The minimum atomic E-state index is -3.85. The molecule has 3 aromatic rings. The maximum Gasteiger partial charge on any atom is 0.291 e. The highest BCUT2D eigenvalue weighted by molar-refractivity contribution is 9.10. The lowest BCUT2D eigenvalue weighted by atomic mass is 10.2. The lowest BCUT2D eigenvalue weighted by Crippen LogP contribution is -2.41. The molecule has 0 unspecified atom stereocenters. The molecular weight excluding hydrogens is 514 g/mol. The third-order valence-corrected chi connectivity index (χ3v) is 5.53. The maximum atomic E-state index is 12.8. The first kappa shape index (κ1) is 23.9. The molecule has 0 atom stereocenters. The number of sulfonamides is 1. The molecule has 33 heavy (non-hydrogen) atoms. The van der Waals surface area contributed by atoms with E-state index in [2.05, 4.69) is 31.6 Å². The number of carbonyl (C=O) groups excluding carboxylic acids is 2. The third kappa shape index (κ3) is 6.87. The zero-order valence-electron chi connectivity index (χ0n) is 16.9. The summed E-state index contributed by atoms with van der Waals surface area (Å²) in [7, 11) is -3.85. The Morgan fingerprint density at radius 3 is 2.24 bits per heavy atom. The Morgan fingerprint density at radius 1 is 1.00 bits per heavy atom. The Morgan fingerprint density at radius 2 is 1.67 bits per heavy atom. The van der Waals surface area contributed by atoms with E-state index in [1.54, 1.807) is 30.3 Å². The van der Waals surface area contributed by atoms with Crippen molar-refractivity contribution in [2.24, 2.45) is 15.9 Å². The normalized spacial score (nSPS) is 12.3. The molecule has 6 N–H and O–H groups in total. The summed E-state index contributed by atoms with van der Waals surface area (Å²) in [5, 5.41) is 9.93. The van der Waals surface area contributed by atoms with Crippen molar-refractivity contribution < 1.29 is 22.4 Å². The number of guanidine groups is 1. The molecule has 0 bridgehead atoms. The smallest absolute Gasteiger partial charge is 0.291 e. The van der Waals surface area contributed by atoms with Crippen LogP contribution < -0.4 is 21.5 Å². The largest absolute Gasteiger partial charge is 0.459 e. The number of carbonyl (C=O) groups is 2. The Hall–Kier alpha value is -3.74. The summed E-state index contributed by atoms with van der Waals surface area (Å²) < 4.78 is 28.6. The Bertz CT molecular complexity index is 1320. The van der Waals surface area contributed by atoms with Gasteiger partial charge in [-0.1, -0.05) is 28.1 Å². The quantitative estimate of drug-likeness (QED) is 0.216. The van der Waals surface area contributed by atoms with E-state index in [0.717, 1.165) is 4.47 Å². The van der Waals surface area contributed by atoms with Crippen LogP contribution in [0.4, 0.5) is 5.69 Å². The first-order valence-electron chi connectivity index (χ1n) is 9.22. The number of nitrogens with one attached hydrogen (secondary N) is 2. The van der Waals surface area contributed by atoms with E-state index < -0.39 is 21.8 Å². The van der Waals surface area contributed by atoms with Gasteiger partial charge in [-0.15, -0.1) is 0 Å². The van der Waals surface area contributed by atoms with Crippen LogP contribution in [-0.4, -0.2) is 26.2 Å². The van der Waals surface area contributed by atoms with Crippen molar-refractivity contribution in [3.05, 3.63) is 88.4 Å². The van der Waals surface area contributed by atoms with Gasteiger partial charge in [0.2, 0.25) is 16.0 Å². The van der Waals surface area contributed by atoms with Gasteiger partial charge in [-0.05, 0) is 60.2 Å². The van der Waals surface area contributed by atoms with Crippen LogP contribution >= 0.6 is 15.9 Å². The Labute approximate surface area is 197 Å². The topological polar surface area (TPSA) is 170 Å². The molecule has 0 saturated carbocycles. The molecule has 3 rings (SSSR count). The standard InChI is InChI=1S/C21H18BrN5O5S/c22-14-5-3-13(4-6-14)12-17(26-20(29)18-2-1-11-32-18)19(28)27-21(23)25-15-7-9-16(10-8-15)33(24,30)31/h1-12H,(H,26,29)(H2,24,30,31)(H3,23,25,27,28)/b17-12+. The van der Waals surface area contributed by atoms with Gasteiger partial charge < -0.3 is 15.5 Å². The minimum Gasteiger partial charge on any atom is -0.459 e. The fraction of sp³-hybridized carbons (Fsp3) is 0. The number of benzene rings is 2. The number of rotatable bonds is 6. The molecule has 0 radical (unpaired) electrons. The number of furan rings is 1. The molecule has 0 aliphatic carbocycles. The second-order valence-corrected chi connectivity index (χ2v) is 9.01. The van der Waals surface area contributed by atoms with Gasteiger partial charge in [0, 0.05) is 4.47 Å². The molecule has 0 spiro atoms. The molecule has 0 saturated heterocycles. The van der Waals surface area contributed by atoms with Crippen LogP contribution in [-0.2, 0) is 14.8 Å². The molecule has 0 aliphatic rings. The third-order valence-electron chi connectivity index (χ3n) is 4.08. The number of hydrogen-bond donors (Lipinski definition) is 4. The van der Waals surface area contributed by atoms with Crippen molar-refractivity contribution in [2.45, 2.75) is 4.90 Å². The molecule has 2 aromatic carbocycles. The highest BCUT2D eigenvalue weighted by atomic mass is 79.9. The summed E-state index contributed by atoms with van der Waals surface area (Å²) in [5.74, 6) is -1.63. The lowest BCUT2D eigenvalue weighted by Gasteiger charge is -2.10. The molecule has 1 heterocycles. The highest BCUT2D eigenvalue weighted by Gasteiger charge is 2.17. The molecule has 170 valence electrons. The van der Waals surface area contributed by atoms with E-state index >= 15 is 0 Å². The number of nitrogens with zero attached hydrogens (tertiary/aromatic N) is 1. The number of hydrogen-bond acceptors (Lipinski definition) is 6. The number of aliphatic imine (C=N–C) groups is 1. The summed E-state index contributed by atoms with van der Waals surface area (Å²) in [4.78, 5) is 29.1. The van der Waals surface area contributed by atoms with Gasteiger partial charge in [0.05, 0.1) is 16.8 Å². The average Bonchev–Trinajstić information content (AvgIpc) is 3.29. The van der Waals surface area contributed by atoms with Crippen molar-refractivity contribution in [1.82, 2.24) is 10.6 Å². The summed E-state index contributed by atoms with van der Waals surface area (Å²) in [6.07, 6.45) is 2.79. The second kappa shape index (κ2) is 10.3. The van der Waals surface area contributed by atoms with E-state index in [9.17, 15) is 18.0 Å². The minimum absolute atomic E-state index is 0.0149. The van der Waals surface area contributed by atoms with E-state index in [0.29, 0.717) is 5.56 Å². The SMILES string of the molecule is NC(=Nc1ccc(S(N)(=O)=O)cc1)NC(=O)/C(=C\c1ccc(Br)cc1)NC(=O)c1ccco1. The summed E-state index contributed by atoms with van der Waals surface area (Å²) in [6, 6.07) is 15.3. The van der Waals surface area contributed by atoms with Gasteiger partial charge in [0.1, 0.15) is 5.70 Å². The van der Waals surface area contributed by atoms with Crippen LogP contribution in [0.5, 0.6) is 0 Å². The zero-order chi connectivity index (χ0) is 24.0. The van der Waals surface area contributed by atoms with Crippen LogP contribution in [0.25, 0.3) is 6.08 Å². The van der Waals surface area contributed by atoms with Crippen molar-refractivity contribution in [3.8, 4) is 0 Å². The highest BCUT2D eigenvalue weighted by Crippen LogP contribution is 2.16. The lowest BCUT2D eigenvalue weighted by molar-refractivity contribution is -0.116. The van der Waals surface area contributed by atoms with Gasteiger partial charge in [-0.3, -0.25) is 14.9 Å². The van der Waals surface area contributed by atoms with E-state index in [4.69, 9.17) is 15.3 Å². The van der Waals surface area contributed by atoms with Gasteiger partial charge in [0.25, 0.3) is 11.8 Å². The second-order valence-electron chi connectivity index (χ2n) is 6.53. The van der Waals surface area contributed by atoms with E-state index in [-0.39, 0.29) is 28.0 Å². The van der Waals surface area contributed by atoms with Gasteiger partial charge in [-0.2, -0.15) is 0 Å². The first-order chi connectivity index (χ1) is 15.6. The van der Waals surface area contributed by atoms with Crippen molar-refractivity contribution >= 4 is 55.5 Å². The summed E-state index contributed by atoms with van der Waals surface area (Å²) >= 11 is 3.33. The predicted molar refractivity (Wildman–Crippen MR) is 126 cm³/mol. The summed E-state index contributed by atoms with van der Waals surface area (Å²) in [5.41, 5.74) is 6.62.